The van der Waals surface area contributed by atoms with Gasteiger partial charge < -0.3 is 10.6 Å². The highest BCUT2D eigenvalue weighted by Gasteiger charge is 2.20. The highest BCUT2D eigenvalue weighted by Crippen LogP contribution is 2.21. The summed E-state index contributed by atoms with van der Waals surface area (Å²) >= 11 is 4.90. The predicted molar refractivity (Wildman–Crippen MR) is 80.8 cm³/mol. The molecule has 2 N–H and O–H groups in total. The Morgan fingerprint density at radius 2 is 2.21 bits per heavy atom. The summed E-state index contributed by atoms with van der Waals surface area (Å²) in [5.41, 5.74) is 5.72. The molecule has 0 aliphatic carbocycles. The molecular weight excluding hydrogens is 352 g/mol. The Morgan fingerprint density at radius 3 is 2.68 bits per heavy atom. The van der Waals surface area contributed by atoms with Crippen molar-refractivity contribution in [3.63, 3.8) is 0 Å². The minimum absolute atomic E-state index is 0.0711. The van der Waals surface area contributed by atoms with Crippen molar-refractivity contribution in [2.45, 2.75) is 19.0 Å². The molecule has 0 saturated carbocycles. The molecule has 19 heavy (non-hydrogen) atoms. The first-order valence-electron chi connectivity index (χ1n) is 5.60. The molecule has 5 nitrogen and oxygen atoms in total. The van der Waals surface area contributed by atoms with Crippen LogP contribution in [0.3, 0.4) is 0 Å². The zero-order valence-corrected chi connectivity index (χ0v) is 14.0. The smallest absolute Gasteiger partial charge is 0.239 e. The van der Waals surface area contributed by atoms with E-state index in [1.165, 1.54) is 4.90 Å². The van der Waals surface area contributed by atoms with Crippen LogP contribution in [-0.2, 0) is 21.2 Å². The lowest BCUT2D eigenvalue weighted by Crippen LogP contribution is -2.42. The second kappa shape index (κ2) is 6.83. The number of nitrogens with zero attached hydrogens (tertiary/aromatic N) is 1. The SMILES string of the molecule is CN(Cc1cc(Br)cs1)C(=O)C(N)CCS(C)(=O)=O. The molecule has 1 amide bonds. The van der Waals surface area contributed by atoms with Gasteiger partial charge in [0.05, 0.1) is 18.3 Å². The third kappa shape index (κ3) is 6.03. The van der Waals surface area contributed by atoms with E-state index in [-0.39, 0.29) is 18.1 Å². The van der Waals surface area contributed by atoms with Crippen molar-refractivity contribution in [2.75, 3.05) is 19.1 Å². The summed E-state index contributed by atoms with van der Waals surface area (Å²) in [5.74, 6) is -0.314. The van der Waals surface area contributed by atoms with Crippen molar-refractivity contribution in [3.8, 4) is 0 Å². The molecule has 0 radical (unpaired) electrons. The first kappa shape index (κ1) is 16.6. The molecule has 0 aromatic carbocycles. The van der Waals surface area contributed by atoms with Gasteiger partial charge in [-0.2, -0.15) is 0 Å². The first-order valence-corrected chi connectivity index (χ1v) is 9.33. The Hall–Kier alpha value is -0.440. The molecule has 0 spiro atoms. The molecule has 1 aromatic rings. The molecule has 108 valence electrons. The van der Waals surface area contributed by atoms with Gasteiger partial charge in [-0.25, -0.2) is 8.42 Å². The van der Waals surface area contributed by atoms with E-state index in [1.807, 2.05) is 11.4 Å². The Balaban J connectivity index is 2.52. The number of carbonyl (C=O) groups excluding carboxylic acids is 1. The Bertz CT molecular complexity index is 542. The maximum Gasteiger partial charge on any atom is 0.239 e. The maximum absolute atomic E-state index is 12.0. The van der Waals surface area contributed by atoms with Crippen molar-refractivity contribution in [3.05, 3.63) is 20.8 Å². The summed E-state index contributed by atoms with van der Waals surface area (Å²) in [5, 5.41) is 1.94. The number of thiophene rings is 1. The summed E-state index contributed by atoms with van der Waals surface area (Å²) in [6, 6.07) is 1.17. The van der Waals surface area contributed by atoms with Crippen LogP contribution in [0, 0.1) is 0 Å². The Morgan fingerprint density at radius 1 is 1.58 bits per heavy atom. The molecular formula is C11H17BrN2O3S2. The third-order valence-electron chi connectivity index (χ3n) is 2.51. The monoisotopic (exact) mass is 368 g/mol. The number of hydrogen-bond acceptors (Lipinski definition) is 5. The molecule has 1 rings (SSSR count). The fourth-order valence-electron chi connectivity index (χ4n) is 1.50. The van der Waals surface area contributed by atoms with Crippen LogP contribution in [-0.4, -0.2) is 44.3 Å². The van der Waals surface area contributed by atoms with E-state index in [9.17, 15) is 13.2 Å². The van der Waals surface area contributed by atoms with Gasteiger partial charge in [-0.05, 0) is 28.4 Å². The second-order valence-electron chi connectivity index (χ2n) is 4.45. The van der Waals surface area contributed by atoms with E-state index >= 15 is 0 Å². The van der Waals surface area contributed by atoms with E-state index < -0.39 is 15.9 Å². The van der Waals surface area contributed by atoms with Gasteiger partial charge in [0.25, 0.3) is 0 Å². The number of nitrogens with two attached hydrogens (primary N) is 1. The number of amides is 1. The summed E-state index contributed by atoms with van der Waals surface area (Å²) in [7, 11) is -1.43. The van der Waals surface area contributed by atoms with Crippen LogP contribution in [0.15, 0.2) is 15.9 Å². The van der Waals surface area contributed by atoms with Crippen molar-refractivity contribution in [1.29, 1.82) is 0 Å². The van der Waals surface area contributed by atoms with Gasteiger partial charge in [-0.15, -0.1) is 11.3 Å². The standard InChI is InChI=1S/C11H17BrN2O3S2/c1-14(6-9-5-8(12)7-18-9)11(15)10(13)3-4-19(2,16)17/h5,7,10H,3-4,6,13H2,1-2H3. The fourth-order valence-corrected chi connectivity index (χ4v) is 3.68. The van der Waals surface area contributed by atoms with Crippen LogP contribution in [0.4, 0.5) is 0 Å². The van der Waals surface area contributed by atoms with Gasteiger partial charge in [0, 0.05) is 28.0 Å². The van der Waals surface area contributed by atoms with Gasteiger partial charge in [-0.3, -0.25) is 4.79 Å². The predicted octanol–water partition coefficient (Wildman–Crippen LogP) is 1.23. The highest BCUT2D eigenvalue weighted by molar-refractivity contribution is 9.10. The largest absolute Gasteiger partial charge is 0.339 e. The average molecular weight is 369 g/mol. The Kier molecular flexibility index (Phi) is 5.97. The fraction of sp³-hybridized carbons (Fsp3) is 0.545. The zero-order valence-electron chi connectivity index (χ0n) is 10.8. The minimum atomic E-state index is -3.09. The molecule has 0 saturated heterocycles. The first-order chi connectivity index (χ1) is 8.69. The summed E-state index contributed by atoms with van der Waals surface area (Å²) in [4.78, 5) is 14.5. The van der Waals surface area contributed by atoms with Crippen LogP contribution >= 0.6 is 27.3 Å². The van der Waals surface area contributed by atoms with Crippen LogP contribution in [0.5, 0.6) is 0 Å². The topological polar surface area (TPSA) is 80.5 Å². The lowest BCUT2D eigenvalue weighted by atomic mass is 10.2. The van der Waals surface area contributed by atoms with Crippen LogP contribution in [0.1, 0.15) is 11.3 Å². The van der Waals surface area contributed by atoms with E-state index in [1.54, 1.807) is 18.4 Å². The molecule has 1 unspecified atom stereocenters. The number of rotatable bonds is 6. The number of halogens is 1. The number of likely N-dealkylation sites (N-methyl/N-ethyl adjacent to an activating group) is 1. The number of carbonyl (C=O) groups is 1. The molecule has 1 atom stereocenters. The van der Waals surface area contributed by atoms with Crippen molar-refractivity contribution in [1.82, 2.24) is 4.90 Å². The highest BCUT2D eigenvalue weighted by atomic mass is 79.9. The van der Waals surface area contributed by atoms with E-state index in [4.69, 9.17) is 5.73 Å². The second-order valence-corrected chi connectivity index (χ2v) is 8.62. The molecule has 0 aliphatic heterocycles. The van der Waals surface area contributed by atoms with Crippen LogP contribution in [0.25, 0.3) is 0 Å². The molecule has 8 heteroatoms. The molecule has 0 fully saturated rings. The van der Waals surface area contributed by atoms with Gasteiger partial charge in [-0.1, -0.05) is 0 Å². The van der Waals surface area contributed by atoms with Crippen LogP contribution in [0.2, 0.25) is 0 Å². The quantitative estimate of drug-likeness (QED) is 0.818. The van der Waals surface area contributed by atoms with Gasteiger partial charge >= 0.3 is 0 Å². The van der Waals surface area contributed by atoms with Crippen molar-refractivity contribution in [2.24, 2.45) is 5.73 Å². The van der Waals surface area contributed by atoms with E-state index in [0.29, 0.717) is 6.54 Å². The third-order valence-corrected chi connectivity index (χ3v) is 5.17. The lowest BCUT2D eigenvalue weighted by Gasteiger charge is -2.20. The zero-order chi connectivity index (χ0) is 14.6. The average Bonchev–Trinajstić information content (AvgIpc) is 2.69. The maximum atomic E-state index is 12.0. The Labute approximate surface area is 125 Å². The normalized spacial score (nSPS) is 13.3. The van der Waals surface area contributed by atoms with E-state index in [2.05, 4.69) is 15.9 Å². The van der Waals surface area contributed by atoms with Crippen LogP contribution < -0.4 is 5.73 Å². The number of sulfone groups is 1. The summed E-state index contributed by atoms with van der Waals surface area (Å²) in [6.07, 6.45) is 1.28. The van der Waals surface area contributed by atoms with Crippen molar-refractivity contribution < 1.29 is 13.2 Å². The lowest BCUT2D eigenvalue weighted by molar-refractivity contribution is -0.131. The molecule has 1 heterocycles. The van der Waals surface area contributed by atoms with Gasteiger partial charge in [0.15, 0.2) is 0 Å². The minimum Gasteiger partial charge on any atom is -0.339 e. The number of hydrogen-bond donors (Lipinski definition) is 1. The summed E-state index contributed by atoms with van der Waals surface area (Å²) in [6.45, 7) is 0.474. The molecule has 1 aromatic heterocycles. The van der Waals surface area contributed by atoms with Crippen molar-refractivity contribution >= 4 is 43.0 Å². The van der Waals surface area contributed by atoms with Gasteiger partial charge in [0.2, 0.25) is 5.91 Å². The van der Waals surface area contributed by atoms with E-state index in [0.717, 1.165) is 15.6 Å². The van der Waals surface area contributed by atoms with Gasteiger partial charge in [0.1, 0.15) is 9.84 Å². The summed E-state index contributed by atoms with van der Waals surface area (Å²) < 4.78 is 23.1. The molecule has 0 aliphatic rings. The molecule has 0 bridgehead atoms.